The van der Waals surface area contributed by atoms with Crippen molar-refractivity contribution >= 4 is 40.8 Å². The van der Waals surface area contributed by atoms with Gasteiger partial charge in [-0.15, -0.1) is 0 Å². The van der Waals surface area contributed by atoms with Gasteiger partial charge < -0.3 is 24.2 Å². The van der Waals surface area contributed by atoms with Gasteiger partial charge in [-0.3, -0.25) is 9.59 Å². The predicted octanol–water partition coefficient (Wildman–Crippen LogP) is 6.41. The topological polar surface area (TPSA) is 85.3 Å². The van der Waals surface area contributed by atoms with Crippen molar-refractivity contribution in [2.75, 3.05) is 25.2 Å². The number of ether oxygens (including phenoxy) is 3. The Hall–Kier alpha value is -3.42. The molecule has 1 aliphatic rings. The maximum Gasteiger partial charge on any atom is 0.311 e. The van der Waals surface area contributed by atoms with Gasteiger partial charge in [-0.05, 0) is 55.8 Å². The molecule has 0 aliphatic carbocycles. The van der Waals surface area contributed by atoms with Crippen LogP contribution in [0, 0.1) is 0 Å². The highest BCUT2D eigenvalue weighted by Gasteiger charge is 2.29. The molecule has 4 rings (SSSR count). The number of nitrogens with zero attached hydrogens (tertiary/aromatic N) is 1. The molecular formula is C26H23Cl2NO6. The Bertz CT molecular complexity index is 1260. The van der Waals surface area contributed by atoms with Crippen molar-refractivity contribution < 1.29 is 28.9 Å². The summed E-state index contributed by atoms with van der Waals surface area (Å²) in [4.78, 5) is 26.3. The lowest BCUT2D eigenvalue weighted by Gasteiger charge is -2.24. The number of halogens is 2. The number of hydrogen-bond acceptors (Lipinski definition) is 5. The third-order valence-corrected chi connectivity index (χ3v) is 6.33. The van der Waals surface area contributed by atoms with Gasteiger partial charge in [-0.2, -0.15) is 0 Å². The molecule has 1 unspecified atom stereocenters. The van der Waals surface area contributed by atoms with Crippen LogP contribution in [-0.4, -0.2) is 37.2 Å². The maximum absolute atomic E-state index is 13.3. The lowest BCUT2D eigenvalue weighted by atomic mass is 9.93. The Morgan fingerprint density at radius 3 is 2.49 bits per heavy atom. The summed E-state index contributed by atoms with van der Waals surface area (Å²) in [6.45, 7) is 2.54. The quantitative estimate of drug-likeness (QED) is 0.391. The van der Waals surface area contributed by atoms with E-state index in [0.717, 1.165) is 0 Å². The lowest BCUT2D eigenvalue weighted by molar-refractivity contribution is -0.139. The normalized spacial score (nSPS) is 14.5. The molecule has 7 nitrogen and oxygen atoms in total. The molecule has 182 valence electrons. The Balaban J connectivity index is 1.56. The van der Waals surface area contributed by atoms with Gasteiger partial charge in [0.2, 0.25) is 0 Å². The number of carboxylic acid groups (broad SMARTS) is 1. The first-order chi connectivity index (χ1) is 16.8. The summed E-state index contributed by atoms with van der Waals surface area (Å²) in [6.07, 6.45) is 0.378. The van der Waals surface area contributed by atoms with Gasteiger partial charge in [-0.25, -0.2) is 0 Å². The van der Waals surface area contributed by atoms with Crippen molar-refractivity contribution in [2.24, 2.45) is 0 Å². The van der Waals surface area contributed by atoms with Crippen LogP contribution in [-0.2, 0) is 4.79 Å². The zero-order valence-corrected chi connectivity index (χ0v) is 20.6. The molecule has 1 amide bonds. The lowest BCUT2D eigenvalue weighted by Crippen LogP contribution is -2.31. The highest BCUT2D eigenvalue weighted by molar-refractivity contribution is 6.34. The van der Waals surface area contributed by atoms with Crippen molar-refractivity contribution in [3.63, 3.8) is 0 Å². The van der Waals surface area contributed by atoms with E-state index < -0.39 is 11.9 Å². The van der Waals surface area contributed by atoms with Crippen LogP contribution in [0.5, 0.6) is 23.0 Å². The van der Waals surface area contributed by atoms with Crippen molar-refractivity contribution in [3.05, 3.63) is 75.8 Å². The summed E-state index contributed by atoms with van der Waals surface area (Å²) in [6, 6.07) is 15.0. The zero-order chi connectivity index (χ0) is 25.1. The highest BCUT2D eigenvalue weighted by Crippen LogP contribution is 2.42. The van der Waals surface area contributed by atoms with E-state index in [1.54, 1.807) is 59.5 Å². The van der Waals surface area contributed by atoms with Gasteiger partial charge in [0, 0.05) is 23.7 Å². The first kappa shape index (κ1) is 24.7. The predicted molar refractivity (Wildman–Crippen MR) is 134 cm³/mol. The second-order valence-electron chi connectivity index (χ2n) is 7.81. The first-order valence-corrected chi connectivity index (χ1v) is 11.7. The summed E-state index contributed by atoms with van der Waals surface area (Å²) < 4.78 is 16.9. The minimum Gasteiger partial charge on any atom is -0.495 e. The van der Waals surface area contributed by atoms with Gasteiger partial charge in [0.05, 0.1) is 29.7 Å². The zero-order valence-electron chi connectivity index (χ0n) is 19.1. The highest BCUT2D eigenvalue weighted by atomic mass is 35.5. The molecule has 0 aromatic heterocycles. The summed E-state index contributed by atoms with van der Waals surface area (Å²) >= 11 is 12.7. The molecular weight excluding hydrogens is 493 g/mol. The summed E-state index contributed by atoms with van der Waals surface area (Å²) in [7, 11) is 1.53. The molecule has 9 heteroatoms. The minimum atomic E-state index is -0.921. The largest absolute Gasteiger partial charge is 0.495 e. The molecule has 0 bridgehead atoms. The van der Waals surface area contributed by atoms with E-state index >= 15 is 0 Å². The monoisotopic (exact) mass is 515 g/mol. The van der Waals surface area contributed by atoms with E-state index in [4.69, 9.17) is 37.4 Å². The molecule has 1 N–H and O–H groups in total. The van der Waals surface area contributed by atoms with Gasteiger partial charge in [0.1, 0.15) is 28.7 Å². The Kier molecular flexibility index (Phi) is 7.38. The van der Waals surface area contributed by atoms with Crippen LogP contribution in [0.15, 0.2) is 54.6 Å². The third kappa shape index (κ3) is 5.01. The second-order valence-corrected chi connectivity index (χ2v) is 8.63. The van der Waals surface area contributed by atoms with E-state index in [1.807, 2.05) is 6.92 Å². The third-order valence-electron chi connectivity index (χ3n) is 5.73. The van der Waals surface area contributed by atoms with Gasteiger partial charge >= 0.3 is 5.97 Å². The average Bonchev–Trinajstić information content (AvgIpc) is 2.85. The number of hydrogen-bond donors (Lipinski definition) is 1. The standard InChI is InChI=1S/C26H23Cl2NO6/c1-3-29(24-19(27)5-4-6-21(24)33-2)25(30)15-7-9-16(10-8-15)35-23-14-22-18(13-20(23)28)17(26(31)32)11-12-34-22/h4-10,13-14,17H,3,11-12H2,1-2H3,(H,31,32). The van der Waals surface area contributed by atoms with Crippen LogP contribution in [0.25, 0.3) is 0 Å². The molecule has 0 spiro atoms. The number of fused-ring (bicyclic) bond motifs is 1. The van der Waals surface area contributed by atoms with Crippen molar-refractivity contribution in [1.29, 1.82) is 0 Å². The van der Waals surface area contributed by atoms with Crippen molar-refractivity contribution in [2.45, 2.75) is 19.3 Å². The molecule has 3 aromatic carbocycles. The molecule has 1 atom stereocenters. The molecule has 0 saturated carbocycles. The number of aliphatic carboxylic acids is 1. The number of benzene rings is 3. The van der Waals surface area contributed by atoms with E-state index in [-0.39, 0.29) is 10.9 Å². The number of para-hydroxylation sites is 1. The number of rotatable bonds is 7. The maximum atomic E-state index is 13.3. The second kappa shape index (κ2) is 10.5. The van der Waals surface area contributed by atoms with Crippen LogP contribution in [0.4, 0.5) is 5.69 Å². The SMILES string of the molecule is CCN(C(=O)c1ccc(Oc2cc3c(cc2Cl)C(C(=O)O)CCO3)cc1)c1c(Cl)cccc1OC. The van der Waals surface area contributed by atoms with E-state index in [0.29, 0.717) is 64.4 Å². The molecule has 1 heterocycles. The summed E-state index contributed by atoms with van der Waals surface area (Å²) in [5.74, 6) is -0.127. The van der Waals surface area contributed by atoms with Crippen molar-refractivity contribution in [1.82, 2.24) is 0 Å². The van der Waals surface area contributed by atoms with Gasteiger partial charge in [-0.1, -0.05) is 29.3 Å². The number of methoxy groups -OCH3 is 1. The smallest absolute Gasteiger partial charge is 0.311 e. The first-order valence-electron chi connectivity index (χ1n) is 10.9. The molecule has 0 saturated heterocycles. The van der Waals surface area contributed by atoms with Crippen LogP contribution < -0.4 is 19.1 Å². The van der Waals surface area contributed by atoms with Gasteiger partial charge in [0.25, 0.3) is 5.91 Å². The van der Waals surface area contributed by atoms with E-state index in [2.05, 4.69) is 0 Å². The summed E-state index contributed by atoms with van der Waals surface area (Å²) in [5, 5.41) is 10.1. The number of carbonyl (C=O) groups is 2. The molecule has 3 aromatic rings. The number of anilines is 1. The Labute approximate surface area is 212 Å². The molecule has 0 fully saturated rings. The average molecular weight is 516 g/mol. The fourth-order valence-electron chi connectivity index (χ4n) is 4.00. The minimum absolute atomic E-state index is 0.245. The molecule has 1 aliphatic heterocycles. The number of amides is 1. The molecule has 0 radical (unpaired) electrons. The summed E-state index contributed by atoms with van der Waals surface area (Å²) in [5.41, 5.74) is 1.46. The number of carbonyl (C=O) groups excluding carboxylic acids is 1. The number of carboxylic acids is 1. The van der Waals surface area contributed by atoms with Gasteiger partial charge in [0.15, 0.2) is 0 Å². The van der Waals surface area contributed by atoms with Crippen LogP contribution in [0.3, 0.4) is 0 Å². The van der Waals surface area contributed by atoms with Crippen LogP contribution >= 0.6 is 23.2 Å². The fraction of sp³-hybridized carbons (Fsp3) is 0.231. The van der Waals surface area contributed by atoms with Crippen molar-refractivity contribution in [3.8, 4) is 23.0 Å². The fourth-order valence-corrected chi connectivity index (χ4v) is 4.48. The van der Waals surface area contributed by atoms with E-state index in [9.17, 15) is 14.7 Å². The van der Waals surface area contributed by atoms with E-state index in [1.165, 1.54) is 7.11 Å². The Morgan fingerprint density at radius 1 is 1.09 bits per heavy atom. The Morgan fingerprint density at radius 2 is 1.83 bits per heavy atom. The molecule has 35 heavy (non-hydrogen) atoms. The van der Waals surface area contributed by atoms with Crippen LogP contribution in [0.1, 0.15) is 35.2 Å². The van der Waals surface area contributed by atoms with Crippen LogP contribution in [0.2, 0.25) is 10.0 Å².